The first-order valence-electron chi connectivity index (χ1n) is 10.8. The highest BCUT2D eigenvalue weighted by Crippen LogP contribution is 2.30. The molecule has 1 saturated carbocycles. The summed E-state index contributed by atoms with van der Waals surface area (Å²) in [6.45, 7) is 6.07. The molecule has 0 amide bonds. The number of piperidine rings is 1. The predicted molar refractivity (Wildman–Crippen MR) is 118 cm³/mol. The Morgan fingerprint density at radius 1 is 1.18 bits per heavy atom. The van der Waals surface area contributed by atoms with Gasteiger partial charge in [0.15, 0.2) is 0 Å². The molecule has 0 bridgehead atoms. The van der Waals surface area contributed by atoms with Gasteiger partial charge in [0.2, 0.25) is 0 Å². The fourth-order valence-corrected chi connectivity index (χ4v) is 5.45. The molecule has 4 rings (SSSR count). The molecule has 0 radical (unpaired) electrons. The maximum absolute atomic E-state index is 6.19. The molecule has 3 fully saturated rings. The molecular formula is C22H35Cl2N3O. The zero-order valence-corrected chi connectivity index (χ0v) is 18.3. The maximum Gasteiger partial charge on any atom is 0.0623 e. The van der Waals surface area contributed by atoms with Gasteiger partial charge in [-0.25, -0.2) is 0 Å². The lowest BCUT2D eigenvalue weighted by Gasteiger charge is -2.38. The SMILES string of the molecule is Cl.Clc1cccc(CN2CCCCC2CNC2CCCC2C2COCCN2)c1. The average molecular weight is 428 g/mol. The highest BCUT2D eigenvalue weighted by atomic mass is 35.5. The van der Waals surface area contributed by atoms with E-state index in [1.165, 1.54) is 50.6 Å². The fourth-order valence-electron chi connectivity index (χ4n) is 5.24. The van der Waals surface area contributed by atoms with Crippen LogP contribution in [-0.2, 0) is 11.3 Å². The lowest BCUT2D eigenvalue weighted by atomic mass is 9.93. The van der Waals surface area contributed by atoms with E-state index in [1.807, 2.05) is 6.07 Å². The van der Waals surface area contributed by atoms with E-state index >= 15 is 0 Å². The third kappa shape index (κ3) is 5.84. The summed E-state index contributed by atoms with van der Waals surface area (Å²) < 4.78 is 5.72. The van der Waals surface area contributed by atoms with Gasteiger partial charge in [-0.3, -0.25) is 4.90 Å². The summed E-state index contributed by atoms with van der Waals surface area (Å²) >= 11 is 6.19. The Balaban J connectivity index is 0.00000225. The van der Waals surface area contributed by atoms with Gasteiger partial charge in [-0.05, 0) is 55.8 Å². The fraction of sp³-hybridized carbons (Fsp3) is 0.727. The Labute approximate surface area is 181 Å². The van der Waals surface area contributed by atoms with Crippen LogP contribution in [0.2, 0.25) is 5.02 Å². The minimum atomic E-state index is 0. The highest BCUT2D eigenvalue weighted by molar-refractivity contribution is 6.30. The summed E-state index contributed by atoms with van der Waals surface area (Å²) in [4.78, 5) is 2.66. The Kier molecular flexibility index (Phi) is 8.89. The van der Waals surface area contributed by atoms with Crippen molar-refractivity contribution < 1.29 is 4.74 Å². The molecule has 4 unspecified atom stereocenters. The molecule has 158 valence electrons. The van der Waals surface area contributed by atoms with Crippen LogP contribution in [-0.4, -0.2) is 55.9 Å². The number of benzene rings is 1. The lowest BCUT2D eigenvalue weighted by molar-refractivity contribution is 0.0512. The second-order valence-corrected chi connectivity index (χ2v) is 8.93. The Morgan fingerprint density at radius 3 is 2.93 bits per heavy atom. The summed E-state index contributed by atoms with van der Waals surface area (Å²) in [5.41, 5.74) is 1.33. The van der Waals surface area contributed by atoms with E-state index in [-0.39, 0.29) is 12.4 Å². The summed E-state index contributed by atoms with van der Waals surface area (Å²) in [7, 11) is 0. The molecule has 28 heavy (non-hydrogen) atoms. The topological polar surface area (TPSA) is 36.5 Å². The predicted octanol–water partition coefficient (Wildman–Crippen LogP) is 3.86. The van der Waals surface area contributed by atoms with Crippen LogP contribution in [0.4, 0.5) is 0 Å². The van der Waals surface area contributed by atoms with E-state index in [1.54, 1.807) is 0 Å². The Morgan fingerprint density at radius 2 is 2.11 bits per heavy atom. The number of nitrogens with one attached hydrogen (secondary N) is 2. The van der Waals surface area contributed by atoms with Crippen molar-refractivity contribution in [3.05, 3.63) is 34.9 Å². The van der Waals surface area contributed by atoms with E-state index in [4.69, 9.17) is 16.3 Å². The van der Waals surface area contributed by atoms with Gasteiger partial charge >= 0.3 is 0 Å². The van der Waals surface area contributed by atoms with Gasteiger partial charge < -0.3 is 15.4 Å². The van der Waals surface area contributed by atoms with Gasteiger partial charge in [-0.1, -0.05) is 36.6 Å². The van der Waals surface area contributed by atoms with Gasteiger partial charge in [0.05, 0.1) is 13.2 Å². The summed E-state index contributed by atoms with van der Waals surface area (Å²) in [5, 5.41) is 8.49. The van der Waals surface area contributed by atoms with Crippen molar-refractivity contribution in [2.24, 2.45) is 5.92 Å². The van der Waals surface area contributed by atoms with E-state index < -0.39 is 0 Å². The maximum atomic E-state index is 6.19. The van der Waals surface area contributed by atoms with Crippen LogP contribution in [0.25, 0.3) is 0 Å². The molecule has 2 aliphatic heterocycles. The summed E-state index contributed by atoms with van der Waals surface area (Å²) in [6.07, 6.45) is 7.95. The van der Waals surface area contributed by atoms with Crippen LogP contribution in [0.3, 0.4) is 0 Å². The average Bonchev–Trinajstić information content (AvgIpc) is 3.17. The number of hydrogen-bond donors (Lipinski definition) is 2. The van der Waals surface area contributed by atoms with Crippen LogP contribution in [0, 0.1) is 5.92 Å². The summed E-state index contributed by atoms with van der Waals surface area (Å²) in [5.74, 6) is 0.718. The molecule has 1 aromatic carbocycles. The standard InChI is InChI=1S/C22H34ClN3O.ClH/c23-18-6-3-5-17(13-18)15-26-11-2-1-7-19(26)14-25-21-9-4-8-20(21)22-16-27-12-10-24-22;/h3,5-6,13,19-22,24-25H,1-2,4,7-12,14-16H2;1H. The zero-order chi connectivity index (χ0) is 18.5. The highest BCUT2D eigenvalue weighted by Gasteiger charge is 2.35. The van der Waals surface area contributed by atoms with E-state index in [9.17, 15) is 0 Å². The second-order valence-electron chi connectivity index (χ2n) is 8.50. The van der Waals surface area contributed by atoms with Crippen molar-refractivity contribution in [2.45, 2.75) is 63.2 Å². The number of ether oxygens (including phenoxy) is 1. The third-order valence-electron chi connectivity index (χ3n) is 6.68. The lowest BCUT2D eigenvalue weighted by Crippen LogP contribution is -2.53. The van der Waals surface area contributed by atoms with Crippen LogP contribution >= 0.6 is 24.0 Å². The molecule has 2 N–H and O–H groups in total. The quantitative estimate of drug-likeness (QED) is 0.722. The van der Waals surface area contributed by atoms with Crippen molar-refractivity contribution in [3.63, 3.8) is 0 Å². The molecule has 3 aliphatic rings. The minimum Gasteiger partial charge on any atom is -0.379 e. The second kappa shape index (κ2) is 11.1. The smallest absolute Gasteiger partial charge is 0.0623 e. The number of nitrogens with zero attached hydrogens (tertiary/aromatic N) is 1. The van der Waals surface area contributed by atoms with Gasteiger partial charge in [0, 0.05) is 42.8 Å². The normalized spacial score (nSPS) is 31.5. The van der Waals surface area contributed by atoms with Gasteiger partial charge in [0.25, 0.3) is 0 Å². The monoisotopic (exact) mass is 427 g/mol. The molecule has 2 saturated heterocycles. The number of likely N-dealkylation sites (tertiary alicyclic amines) is 1. The Bertz CT molecular complexity index is 597. The summed E-state index contributed by atoms with van der Waals surface area (Å²) in [6, 6.07) is 10.1. The van der Waals surface area contributed by atoms with Crippen LogP contribution in [0.15, 0.2) is 24.3 Å². The number of halogens is 2. The van der Waals surface area contributed by atoms with Crippen molar-refractivity contribution >= 4 is 24.0 Å². The Hall–Kier alpha value is -0.360. The van der Waals surface area contributed by atoms with E-state index in [0.29, 0.717) is 18.1 Å². The first-order valence-corrected chi connectivity index (χ1v) is 11.2. The minimum absolute atomic E-state index is 0. The van der Waals surface area contributed by atoms with Crippen LogP contribution < -0.4 is 10.6 Å². The molecule has 1 aliphatic carbocycles. The number of morpholine rings is 1. The molecular weight excluding hydrogens is 393 g/mol. The molecule has 0 aromatic heterocycles. The van der Waals surface area contributed by atoms with Crippen molar-refractivity contribution in [2.75, 3.05) is 32.8 Å². The van der Waals surface area contributed by atoms with Gasteiger partial charge in [-0.15, -0.1) is 12.4 Å². The van der Waals surface area contributed by atoms with Gasteiger partial charge in [-0.2, -0.15) is 0 Å². The molecule has 1 aromatic rings. The van der Waals surface area contributed by atoms with Crippen molar-refractivity contribution in [1.29, 1.82) is 0 Å². The van der Waals surface area contributed by atoms with Gasteiger partial charge in [0.1, 0.15) is 0 Å². The van der Waals surface area contributed by atoms with E-state index in [2.05, 4.69) is 33.7 Å². The molecule has 0 spiro atoms. The number of rotatable bonds is 6. The molecule has 4 nitrogen and oxygen atoms in total. The number of hydrogen-bond acceptors (Lipinski definition) is 4. The van der Waals surface area contributed by atoms with E-state index in [0.717, 1.165) is 43.8 Å². The van der Waals surface area contributed by atoms with Crippen LogP contribution in [0.5, 0.6) is 0 Å². The third-order valence-corrected chi connectivity index (χ3v) is 6.91. The largest absolute Gasteiger partial charge is 0.379 e. The molecule has 6 heteroatoms. The van der Waals surface area contributed by atoms with Crippen LogP contribution in [0.1, 0.15) is 44.1 Å². The first kappa shape index (κ1) is 22.3. The molecule has 4 atom stereocenters. The van der Waals surface area contributed by atoms with Crippen molar-refractivity contribution in [1.82, 2.24) is 15.5 Å². The van der Waals surface area contributed by atoms with Crippen molar-refractivity contribution in [3.8, 4) is 0 Å². The first-order chi connectivity index (χ1) is 13.3. The zero-order valence-electron chi connectivity index (χ0n) is 16.7. The molecule has 2 heterocycles.